The zero-order valence-corrected chi connectivity index (χ0v) is 16.3. The van der Waals surface area contributed by atoms with Crippen molar-refractivity contribution in [2.45, 2.75) is 25.2 Å². The van der Waals surface area contributed by atoms with Gasteiger partial charge in [0, 0.05) is 12.5 Å². The Morgan fingerprint density at radius 3 is 2.75 bits per heavy atom. The van der Waals surface area contributed by atoms with Gasteiger partial charge in [-0.1, -0.05) is 0 Å². The first-order valence-corrected chi connectivity index (χ1v) is 10.5. The first kappa shape index (κ1) is 18.8. The molecule has 0 atom stereocenters. The van der Waals surface area contributed by atoms with E-state index in [1.54, 1.807) is 34.3 Å². The first-order valence-electron chi connectivity index (χ1n) is 9.56. The summed E-state index contributed by atoms with van der Waals surface area (Å²) in [6, 6.07) is 8.31. The van der Waals surface area contributed by atoms with Crippen molar-refractivity contribution in [3.05, 3.63) is 69.9 Å². The second-order valence-corrected chi connectivity index (χ2v) is 7.77. The molecule has 2 N–H and O–H groups in total. The Kier molecular flexibility index (Phi) is 5.83. The lowest BCUT2D eigenvalue weighted by molar-refractivity contribution is 0.0952. The molecule has 0 radical (unpaired) electrons. The Bertz CT molecular complexity index is 915. The fourth-order valence-electron chi connectivity index (χ4n) is 3.66. The van der Waals surface area contributed by atoms with Gasteiger partial charge in [-0.15, -0.1) is 0 Å². The van der Waals surface area contributed by atoms with Crippen LogP contribution in [0.3, 0.4) is 0 Å². The van der Waals surface area contributed by atoms with Gasteiger partial charge < -0.3 is 10.6 Å². The van der Waals surface area contributed by atoms with Crippen molar-refractivity contribution in [2.75, 3.05) is 19.6 Å². The fraction of sp³-hybridized carbons (Fsp3) is 0.333. The molecule has 0 aliphatic carbocycles. The molecule has 3 aromatic rings. The molecule has 0 saturated carbocycles. The topological polar surface area (TPSA) is 59.0 Å². The highest BCUT2D eigenvalue weighted by atomic mass is 32.1. The maximum Gasteiger partial charge on any atom is 0.254 e. The van der Waals surface area contributed by atoms with E-state index in [2.05, 4.69) is 27.2 Å². The van der Waals surface area contributed by atoms with Crippen molar-refractivity contribution in [1.29, 1.82) is 0 Å². The highest BCUT2D eigenvalue weighted by Crippen LogP contribution is 2.30. The van der Waals surface area contributed by atoms with Crippen molar-refractivity contribution in [1.82, 2.24) is 20.4 Å². The third-order valence-electron chi connectivity index (χ3n) is 5.13. The van der Waals surface area contributed by atoms with Crippen LogP contribution in [0.4, 0.5) is 4.39 Å². The van der Waals surface area contributed by atoms with Crippen LogP contribution < -0.4 is 10.6 Å². The minimum absolute atomic E-state index is 0.0999. The minimum Gasteiger partial charge on any atom is -0.352 e. The van der Waals surface area contributed by atoms with Crippen LogP contribution >= 0.6 is 11.3 Å². The summed E-state index contributed by atoms with van der Waals surface area (Å²) in [5.41, 5.74) is 3.53. The number of amides is 1. The summed E-state index contributed by atoms with van der Waals surface area (Å²) in [6.07, 6.45) is 4.34. The van der Waals surface area contributed by atoms with E-state index in [4.69, 9.17) is 0 Å². The number of thiophene rings is 1. The quantitative estimate of drug-likeness (QED) is 0.668. The molecular weight excluding hydrogens is 375 g/mol. The van der Waals surface area contributed by atoms with Gasteiger partial charge in [0.2, 0.25) is 0 Å². The summed E-state index contributed by atoms with van der Waals surface area (Å²) >= 11 is 1.66. The average molecular weight is 399 g/mol. The van der Waals surface area contributed by atoms with Gasteiger partial charge in [-0.05, 0) is 79.0 Å². The smallest absolute Gasteiger partial charge is 0.254 e. The molecule has 1 fully saturated rings. The second-order valence-electron chi connectivity index (χ2n) is 6.99. The second kappa shape index (κ2) is 8.67. The van der Waals surface area contributed by atoms with Gasteiger partial charge in [0.05, 0.1) is 23.1 Å². The summed E-state index contributed by atoms with van der Waals surface area (Å²) in [5.74, 6) is -0.144. The summed E-state index contributed by atoms with van der Waals surface area (Å²) < 4.78 is 15.1. The number of benzene rings is 1. The standard InChI is InChI=1S/C21H23FN4OS/c22-17-1-3-18(4-2-17)26-20(16-6-9-23-10-7-16)19(13-25-26)21(27)24-11-5-15-8-12-28-14-15/h1-4,8,12-14,16,23H,5-7,9-11H2,(H,24,27). The first-order chi connectivity index (χ1) is 13.7. The SMILES string of the molecule is O=C(NCCc1ccsc1)c1cnn(-c2ccc(F)cc2)c1C1CCNCC1. The minimum atomic E-state index is -0.286. The number of hydrogen-bond donors (Lipinski definition) is 2. The summed E-state index contributed by atoms with van der Waals surface area (Å²) in [6.45, 7) is 2.42. The third kappa shape index (κ3) is 4.15. The van der Waals surface area contributed by atoms with Gasteiger partial charge in [0.15, 0.2) is 0 Å². The molecule has 2 aromatic heterocycles. The average Bonchev–Trinajstić information content (AvgIpc) is 3.39. The van der Waals surface area contributed by atoms with Crippen molar-refractivity contribution in [2.24, 2.45) is 0 Å². The molecule has 0 bridgehead atoms. The van der Waals surface area contributed by atoms with Gasteiger partial charge in [0.25, 0.3) is 5.91 Å². The lowest BCUT2D eigenvalue weighted by Crippen LogP contribution is -2.30. The predicted molar refractivity (Wildman–Crippen MR) is 109 cm³/mol. The van der Waals surface area contributed by atoms with E-state index in [1.165, 1.54) is 17.7 Å². The lowest BCUT2D eigenvalue weighted by atomic mass is 9.91. The van der Waals surface area contributed by atoms with Gasteiger partial charge in [-0.2, -0.15) is 16.4 Å². The van der Waals surface area contributed by atoms with Gasteiger partial charge in [-0.25, -0.2) is 9.07 Å². The number of rotatable bonds is 6. The zero-order valence-electron chi connectivity index (χ0n) is 15.5. The van der Waals surface area contributed by atoms with Crippen LogP contribution in [-0.4, -0.2) is 35.3 Å². The molecule has 28 heavy (non-hydrogen) atoms. The van der Waals surface area contributed by atoms with Crippen LogP contribution in [0.2, 0.25) is 0 Å². The number of hydrogen-bond acceptors (Lipinski definition) is 4. The normalized spacial score (nSPS) is 14.9. The molecule has 5 nitrogen and oxygen atoms in total. The van der Waals surface area contributed by atoms with E-state index in [0.29, 0.717) is 12.1 Å². The summed E-state index contributed by atoms with van der Waals surface area (Å²) in [4.78, 5) is 12.9. The molecule has 1 aliphatic heterocycles. The van der Waals surface area contributed by atoms with E-state index >= 15 is 0 Å². The van der Waals surface area contributed by atoms with E-state index in [0.717, 1.165) is 43.7 Å². The molecule has 1 saturated heterocycles. The van der Waals surface area contributed by atoms with Crippen molar-refractivity contribution < 1.29 is 9.18 Å². The number of nitrogens with one attached hydrogen (secondary N) is 2. The van der Waals surface area contributed by atoms with Crippen molar-refractivity contribution >= 4 is 17.2 Å². The van der Waals surface area contributed by atoms with Gasteiger partial charge in [0.1, 0.15) is 5.82 Å². The van der Waals surface area contributed by atoms with Crippen LogP contribution in [0.1, 0.15) is 40.4 Å². The zero-order chi connectivity index (χ0) is 19.3. The Labute approximate surface area is 167 Å². The lowest BCUT2D eigenvalue weighted by Gasteiger charge is -2.24. The molecule has 0 unspecified atom stereocenters. The Morgan fingerprint density at radius 2 is 2.04 bits per heavy atom. The number of halogens is 1. The monoisotopic (exact) mass is 398 g/mol. The summed E-state index contributed by atoms with van der Waals surface area (Å²) in [5, 5.41) is 15.0. The van der Waals surface area contributed by atoms with Crippen LogP contribution in [0.25, 0.3) is 5.69 Å². The van der Waals surface area contributed by atoms with Gasteiger partial charge >= 0.3 is 0 Å². The highest BCUT2D eigenvalue weighted by molar-refractivity contribution is 7.07. The Balaban J connectivity index is 1.58. The predicted octanol–water partition coefficient (Wildman–Crippen LogP) is 3.51. The van der Waals surface area contributed by atoms with E-state index in [1.807, 2.05) is 5.38 Å². The van der Waals surface area contributed by atoms with Gasteiger partial charge in [-0.3, -0.25) is 4.79 Å². The molecule has 7 heteroatoms. The van der Waals surface area contributed by atoms with E-state index < -0.39 is 0 Å². The summed E-state index contributed by atoms with van der Waals surface area (Å²) in [7, 11) is 0. The largest absolute Gasteiger partial charge is 0.352 e. The van der Waals surface area contributed by atoms with E-state index in [9.17, 15) is 9.18 Å². The number of aromatic nitrogens is 2. The van der Waals surface area contributed by atoms with Crippen LogP contribution in [-0.2, 0) is 6.42 Å². The number of piperidine rings is 1. The molecular formula is C21H23FN4OS. The number of carbonyl (C=O) groups is 1. The molecule has 3 heterocycles. The molecule has 1 aromatic carbocycles. The maximum atomic E-state index is 13.3. The molecule has 0 spiro atoms. The Morgan fingerprint density at radius 1 is 1.25 bits per heavy atom. The van der Waals surface area contributed by atoms with E-state index in [-0.39, 0.29) is 17.6 Å². The molecule has 1 amide bonds. The molecule has 4 rings (SSSR count). The van der Waals surface area contributed by atoms with Crippen molar-refractivity contribution in [3.8, 4) is 5.69 Å². The number of carbonyl (C=O) groups excluding carboxylic acids is 1. The maximum absolute atomic E-state index is 13.3. The third-order valence-corrected chi connectivity index (χ3v) is 5.86. The molecule has 1 aliphatic rings. The van der Waals surface area contributed by atoms with Crippen LogP contribution in [0.5, 0.6) is 0 Å². The fourth-order valence-corrected chi connectivity index (χ4v) is 4.36. The van der Waals surface area contributed by atoms with Crippen LogP contribution in [0, 0.1) is 5.82 Å². The van der Waals surface area contributed by atoms with Crippen LogP contribution in [0.15, 0.2) is 47.3 Å². The number of nitrogens with zero attached hydrogens (tertiary/aromatic N) is 2. The van der Waals surface area contributed by atoms with Crippen molar-refractivity contribution in [3.63, 3.8) is 0 Å². The Hall–Kier alpha value is -2.51. The highest BCUT2D eigenvalue weighted by Gasteiger charge is 2.26. The molecule has 146 valence electrons.